The van der Waals surface area contributed by atoms with Gasteiger partial charge in [-0.25, -0.2) is 0 Å². The molecule has 2 heterocycles. The molecule has 2 aromatic heterocycles. The van der Waals surface area contributed by atoms with Gasteiger partial charge in [0.15, 0.2) is 11.2 Å². The second-order valence-electron chi connectivity index (χ2n) is 24.4. The minimum absolute atomic E-state index is 0.436. The second-order valence-corrected chi connectivity index (χ2v) is 24.4. The van der Waals surface area contributed by atoms with Crippen molar-refractivity contribution in [3.63, 3.8) is 0 Å². The van der Waals surface area contributed by atoms with Crippen LogP contribution >= 0.6 is 0 Å². The van der Waals surface area contributed by atoms with Crippen LogP contribution in [0.3, 0.4) is 0 Å². The van der Waals surface area contributed by atoms with Gasteiger partial charge in [0.25, 0.3) is 0 Å². The van der Waals surface area contributed by atoms with Crippen LogP contribution in [0.2, 0.25) is 0 Å². The van der Waals surface area contributed by atoms with E-state index in [2.05, 4.69) is 245 Å². The van der Waals surface area contributed by atoms with E-state index in [1.165, 1.54) is 145 Å². The molecule has 2 aliphatic carbocycles. The van der Waals surface area contributed by atoms with Crippen molar-refractivity contribution in [3.05, 3.63) is 239 Å². The maximum absolute atomic E-state index is 7.40. The van der Waals surface area contributed by atoms with Gasteiger partial charge in [-0.15, -0.1) is 0 Å². The molecule has 4 nitrogen and oxygen atoms in total. The summed E-state index contributed by atoms with van der Waals surface area (Å²) in [7, 11) is 0. The minimum Gasteiger partial charge on any atom is -0.453 e. The van der Waals surface area contributed by atoms with E-state index < -0.39 is 0 Å². The number of furan rings is 2. The topological polar surface area (TPSA) is 32.8 Å². The van der Waals surface area contributed by atoms with Gasteiger partial charge < -0.3 is 18.6 Å². The first-order chi connectivity index (χ1) is 40.7. The van der Waals surface area contributed by atoms with Crippen molar-refractivity contribution >= 4 is 110 Å². The first-order valence-corrected chi connectivity index (χ1v) is 30.3. The molecule has 0 unspecified atom stereocenters. The molecule has 0 bridgehead atoms. The number of fused-ring (bicyclic) bond motifs is 6. The molecule has 0 aliphatic heterocycles. The molecule has 0 spiro atoms. The molecule has 0 saturated heterocycles. The van der Waals surface area contributed by atoms with Crippen molar-refractivity contribution < 1.29 is 8.83 Å². The van der Waals surface area contributed by atoms with Crippen molar-refractivity contribution in [2.24, 2.45) is 0 Å². The molecule has 2 aliphatic rings. The van der Waals surface area contributed by atoms with Gasteiger partial charge >= 0.3 is 0 Å². The predicted molar refractivity (Wildman–Crippen MR) is 351 cm³/mol. The third kappa shape index (κ3) is 7.93. The quantitative estimate of drug-likeness (QED) is 0.128. The fraction of sp³-hybridized carbons (Fsp3) is 0.190. The zero-order valence-electron chi connectivity index (χ0n) is 48.1. The smallest absolute Gasteiger partial charge is 0.159 e. The summed E-state index contributed by atoms with van der Waals surface area (Å²) in [6.45, 7) is 11.1. The first-order valence-electron chi connectivity index (χ1n) is 30.3. The lowest BCUT2D eigenvalue weighted by Crippen LogP contribution is -2.14. The highest BCUT2D eigenvalue weighted by atomic mass is 16.3. The summed E-state index contributed by atoms with van der Waals surface area (Å²) in [5.74, 6) is 0.873. The van der Waals surface area contributed by atoms with Gasteiger partial charge in [0, 0.05) is 54.8 Å². The number of hydrogen-bond donors (Lipinski definition) is 0. The molecule has 4 heteroatoms. The van der Waals surface area contributed by atoms with Gasteiger partial charge in [-0.05, 0) is 192 Å². The van der Waals surface area contributed by atoms with E-state index in [1.807, 2.05) is 0 Å². The molecule has 83 heavy (non-hydrogen) atoms. The van der Waals surface area contributed by atoms with Crippen molar-refractivity contribution in [1.29, 1.82) is 0 Å². The Kier molecular flexibility index (Phi) is 11.7. The lowest BCUT2D eigenvalue weighted by atomic mass is 9.82. The van der Waals surface area contributed by atoms with Crippen LogP contribution in [0.25, 0.3) is 98.4 Å². The summed E-state index contributed by atoms with van der Waals surface area (Å²) < 4.78 is 14.8. The minimum atomic E-state index is 0.436. The maximum atomic E-state index is 7.40. The Balaban J connectivity index is 1.01. The highest BCUT2D eigenvalue weighted by Crippen LogP contribution is 2.55. The van der Waals surface area contributed by atoms with Gasteiger partial charge in [-0.2, -0.15) is 0 Å². The van der Waals surface area contributed by atoms with Crippen LogP contribution in [0.1, 0.15) is 102 Å². The predicted octanol–water partition coefficient (Wildman–Crippen LogP) is 23.5. The van der Waals surface area contributed by atoms with Gasteiger partial charge in [0.1, 0.15) is 11.2 Å². The number of para-hydroxylation sites is 4. The third-order valence-corrected chi connectivity index (χ3v) is 19.1. The monoisotopic (exact) mass is 1070 g/mol. The average molecular weight is 1080 g/mol. The lowest BCUT2D eigenvalue weighted by Gasteiger charge is -2.32. The lowest BCUT2D eigenvalue weighted by molar-refractivity contribution is 0.669. The average Bonchev–Trinajstić information content (AvgIpc) is 2.15. The van der Waals surface area contributed by atoms with Crippen molar-refractivity contribution in [2.75, 3.05) is 9.80 Å². The van der Waals surface area contributed by atoms with E-state index in [4.69, 9.17) is 8.83 Å². The molecule has 0 amide bonds. The number of nitrogens with zero attached hydrogens (tertiary/aromatic N) is 2. The Morgan fingerprint density at radius 2 is 0.699 bits per heavy atom. The van der Waals surface area contributed by atoms with Crippen LogP contribution in [0.5, 0.6) is 0 Å². The summed E-state index contributed by atoms with van der Waals surface area (Å²) in [6.07, 6.45) is 9.69. The molecular weight excluding hydrogens is 1010 g/mol. The number of anilines is 6. The van der Waals surface area contributed by atoms with Gasteiger partial charge in [0.2, 0.25) is 0 Å². The van der Waals surface area contributed by atoms with E-state index >= 15 is 0 Å². The maximum Gasteiger partial charge on any atom is 0.159 e. The van der Waals surface area contributed by atoms with Gasteiger partial charge in [-0.1, -0.05) is 177 Å². The zero-order valence-corrected chi connectivity index (χ0v) is 48.1. The molecule has 0 N–H and O–H groups in total. The Morgan fingerprint density at radius 1 is 0.301 bits per heavy atom. The van der Waals surface area contributed by atoms with Crippen molar-refractivity contribution in [1.82, 2.24) is 0 Å². The van der Waals surface area contributed by atoms with Crippen LogP contribution in [0.4, 0.5) is 34.1 Å². The molecule has 404 valence electrons. The van der Waals surface area contributed by atoms with Crippen molar-refractivity contribution in [2.45, 2.75) is 97.8 Å². The second kappa shape index (κ2) is 19.5. The highest BCUT2D eigenvalue weighted by Gasteiger charge is 2.32. The summed E-state index contributed by atoms with van der Waals surface area (Å²) >= 11 is 0. The standard InChI is InChI=1S/C79H66N2O2/c1-47-19-14-26-54(42-47)80(70-35-17-33-64-62-31-15-29-60(76(62)82-78(64)70)56-27-12-6-20-50(56)4)72-45-68(52-22-8-9-23-52)58-38-40-67-73(46-69(53-24-10-11-25-53)59-37-39-66(72)74(58)75(59)67)81(55-43-48(2)41-49(3)44-55)71-36-18-34-65-63-32-16-30-61(77(63)83-79(65)71)57-28-13-7-21-51(57)5/h6-7,12-21,26-46,52-53H,8-11,22-25H2,1-5H3. The van der Waals surface area contributed by atoms with E-state index in [0.717, 1.165) is 77.8 Å². The molecule has 12 aromatic carbocycles. The molecule has 16 rings (SSSR count). The molecule has 2 saturated carbocycles. The number of aryl methyl sites for hydroxylation is 5. The third-order valence-electron chi connectivity index (χ3n) is 19.1. The zero-order chi connectivity index (χ0) is 55.6. The molecule has 0 radical (unpaired) electrons. The Bertz CT molecular complexity index is 4890. The highest BCUT2D eigenvalue weighted by molar-refractivity contribution is 6.30. The van der Waals surface area contributed by atoms with E-state index in [9.17, 15) is 0 Å². The van der Waals surface area contributed by atoms with E-state index in [0.29, 0.717) is 11.8 Å². The summed E-state index contributed by atoms with van der Waals surface area (Å²) in [5.41, 5.74) is 23.9. The summed E-state index contributed by atoms with van der Waals surface area (Å²) in [6, 6.07) is 75.5. The van der Waals surface area contributed by atoms with Gasteiger partial charge in [-0.3, -0.25) is 0 Å². The fourth-order valence-electron chi connectivity index (χ4n) is 15.3. The Hall–Kier alpha value is -9.12. The normalized spacial score (nSPS) is 14.3. The molecule has 2 fully saturated rings. The van der Waals surface area contributed by atoms with Crippen LogP contribution in [-0.2, 0) is 0 Å². The van der Waals surface area contributed by atoms with Crippen LogP contribution < -0.4 is 9.80 Å². The summed E-state index contributed by atoms with van der Waals surface area (Å²) in [4.78, 5) is 5.11. The first kappa shape index (κ1) is 49.7. The van der Waals surface area contributed by atoms with Crippen LogP contribution in [0.15, 0.2) is 209 Å². The van der Waals surface area contributed by atoms with E-state index in [-0.39, 0.29) is 0 Å². The number of rotatable bonds is 10. The fourth-order valence-corrected chi connectivity index (χ4v) is 15.3. The SMILES string of the molecule is Cc1cccc(N(c2cc(C3CCCC3)c3ccc4c(N(c5cc(C)cc(C)c5)c5cccc6c5oc5c(-c7ccccc7C)cccc56)cc(C5CCCC5)c5ccc2c3c54)c2cccc3c2oc2c(-c4ccccc4C)cccc23)c1. The van der Waals surface area contributed by atoms with Crippen molar-refractivity contribution in [3.8, 4) is 22.3 Å². The molecular formula is C79H66N2O2. The van der Waals surface area contributed by atoms with Crippen LogP contribution in [-0.4, -0.2) is 0 Å². The summed E-state index contributed by atoms with van der Waals surface area (Å²) in [5, 5.41) is 12.4. The molecule has 14 aromatic rings. The largest absolute Gasteiger partial charge is 0.453 e. The number of benzene rings is 12. The molecule has 0 atom stereocenters. The van der Waals surface area contributed by atoms with Gasteiger partial charge in [0.05, 0.1) is 22.7 Å². The number of hydrogen-bond acceptors (Lipinski definition) is 4. The van der Waals surface area contributed by atoms with E-state index in [1.54, 1.807) is 0 Å². The van der Waals surface area contributed by atoms with Crippen LogP contribution in [0, 0.1) is 34.6 Å². The Morgan fingerprint density at radius 3 is 1.17 bits per heavy atom. The Labute approximate surface area is 485 Å².